The number of allylic oxidation sites excluding steroid dienone is 10. The highest BCUT2D eigenvalue weighted by molar-refractivity contribution is 5.08. The molecule has 0 atom stereocenters. The van der Waals surface area contributed by atoms with Crippen LogP contribution in [0.1, 0.15) is 25.7 Å². The van der Waals surface area contributed by atoms with Gasteiger partial charge in [-0.15, -0.1) is 0 Å². The Hall–Kier alpha value is -1.30. The second-order valence-electron chi connectivity index (χ2n) is 3.16. The molecule has 0 saturated heterocycles. The van der Waals surface area contributed by atoms with Gasteiger partial charge in [0, 0.05) is 0 Å². The maximum absolute atomic E-state index is 3.10. The molecule has 0 aromatic carbocycles. The van der Waals surface area contributed by atoms with E-state index in [1.54, 1.807) is 0 Å². The highest BCUT2D eigenvalue weighted by Gasteiger charge is 1.77. The SMILES string of the molecule is [C]1=C/C=C\C/C=C/C/C=C/CC/C=C/1. The van der Waals surface area contributed by atoms with Crippen LogP contribution in [0.3, 0.4) is 0 Å². The second kappa shape index (κ2) is 8.31. The zero-order chi connectivity index (χ0) is 9.90. The van der Waals surface area contributed by atoms with Crippen molar-refractivity contribution in [3.8, 4) is 0 Å². The van der Waals surface area contributed by atoms with E-state index in [2.05, 4.69) is 42.5 Å². The molecule has 1 aliphatic rings. The molecule has 1 radical (unpaired) electrons. The van der Waals surface area contributed by atoms with Crippen LogP contribution in [0.15, 0.2) is 54.7 Å². The molecule has 0 heterocycles. The fourth-order valence-corrected chi connectivity index (χ4v) is 1.17. The van der Waals surface area contributed by atoms with Crippen LogP contribution in [-0.2, 0) is 0 Å². The van der Waals surface area contributed by atoms with E-state index in [0.717, 1.165) is 25.7 Å². The molecule has 0 aromatic heterocycles. The predicted octanol–water partition coefficient (Wildman–Crippen LogP) is 4.14. The van der Waals surface area contributed by atoms with Crippen molar-refractivity contribution >= 4 is 0 Å². The molecule has 0 aliphatic heterocycles. The maximum Gasteiger partial charge on any atom is -0.0166 e. The van der Waals surface area contributed by atoms with E-state index >= 15 is 0 Å². The first-order valence-corrected chi connectivity index (χ1v) is 5.19. The lowest BCUT2D eigenvalue weighted by molar-refractivity contribution is 1.04. The summed E-state index contributed by atoms with van der Waals surface area (Å²) in [7, 11) is 0. The van der Waals surface area contributed by atoms with Gasteiger partial charge in [0.1, 0.15) is 0 Å². The fraction of sp³-hybridized carbons (Fsp3) is 0.286. The van der Waals surface area contributed by atoms with E-state index in [1.165, 1.54) is 0 Å². The summed E-state index contributed by atoms with van der Waals surface area (Å²) in [6.07, 6.45) is 26.5. The van der Waals surface area contributed by atoms with E-state index < -0.39 is 0 Å². The van der Waals surface area contributed by atoms with E-state index in [0.29, 0.717) is 0 Å². The summed E-state index contributed by atoms with van der Waals surface area (Å²) < 4.78 is 0. The average Bonchev–Trinajstić information content (AvgIpc) is 2.22. The molecular weight excluding hydrogens is 168 g/mol. The fourth-order valence-electron chi connectivity index (χ4n) is 1.17. The van der Waals surface area contributed by atoms with Crippen molar-refractivity contribution in [2.24, 2.45) is 0 Å². The monoisotopic (exact) mass is 185 g/mol. The Morgan fingerprint density at radius 1 is 0.714 bits per heavy atom. The van der Waals surface area contributed by atoms with E-state index in [-0.39, 0.29) is 0 Å². The third-order valence-electron chi connectivity index (χ3n) is 1.92. The number of hydrogen-bond donors (Lipinski definition) is 0. The molecule has 0 nitrogen and oxygen atoms in total. The Kier molecular flexibility index (Phi) is 6.39. The molecule has 0 aromatic rings. The zero-order valence-corrected chi connectivity index (χ0v) is 8.52. The smallest absolute Gasteiger partial charge is 0.0166 e. The van der Waals surface area contributed by atoms with Gasteiger partial charge < -0.3 is 0 Å². The van der Waals surface area contributed by atoms with Gasteiger partial charge in [-0.1, -0.05) is 54.7 Å². The summed E-state index contributed by atoms with van der Waals surface area (Å²) in [4.78, 5) is 0. The first-order valence-electron chi connectivity index (χ1n) is 5.19. The van der Waals surface area contributed by atoms with Crippen LogP contribution in [0, 0.1) is 6.08 Å². The van der Waals surface area contributed by atoms with E-state index in [9.17, 15) is 0 Å². The van der Waals surface area contributed by atoms with Gasteiger partial charge in [-0.3, -0.25) is 0 Å². The molecule has 0 N–H and O–H groups in total. The highest BCUT2D eigenvalue weighted by Crippen LogP contribution is 1.97. The topological polar surface area (TPSA) is 0 Å². The van der Waals surface area contributed by atoms with Crippen molar-refractivity contribution in [1.29, 1.82) is 0 Å². The van der Waals surface area contributed by atoms with Crippen molar-refractivity contribution in [2.45, 2.75) is 25.7 Å². The van der Waals surface area contributed by atoms with Crippen molar-refractivity contribution in [2.75, 3.05) is 0 Å². The summed E-state index contributed by atoms with van der Waals surface area (Å²) in [6, 6.07) is 0. The molecule has 73 valence electrons. The molecule has 0 bridgehead atoms. The third kappa shape index (κ3) is 6.24. The van der Waals surface area contributed by atoms with Crippen molar-refractivity contribution in [3.63, 3.8) is 0 Å². The Labute approximate surface area is 87.0 Å². The van der Waals surface area contributed by atoms with Gasteiger partial charge in [0.25, 0.3) is 0 Å². The molecule has 1 rings (SSSR count). The average molecular weight is 185 g/mol. The summed E-state index contributed by atoms with van der Waals surface area (Å²) in [5.41, 5.74) is 0. The van der Waals surface area contributed by atoms with Crippen LogP contribution in [0.2, 0.25) is 0 Å². The van der Waals surface area contributed by atoms with Gasteiger partial charge in [-0.25, -0.2) is 0 Å². The quantitative estimate of drug-likeness (QED) is 0.497. The van der Waals surface area contributed by atoms with Crippen molar-refractivity contribution in [1.82, 2.24) is 0 Å². The van der Waals surface area contributed by atoms with Gasteiger partial charge in [-0.05, 0) is 31.8 Å². The van der Waals surface area contributed by atoms with Gasteiger partial charge in [0.15, 0.2) is 0 Å². The lowest BCUT2D eigenvalue weighted by Gasteiger charge is -1.87. The van der Waals surface area contributed by atoms with Crippen LogP contribution >= 0.6 is 0 Å². The number of rotatable bonds is 0. The largest absolute Gasteiger partial charge is 0.0879 e. The zero-order valence-electron chi connectivity index (χ0n) is 8.52. The molecule has 0 spiro atoms. The van der Waals surface area contributed by atoms with Crippen molar-refractivity contribution in [3.05, 3.63) is 60.8 Å². The Morgan fingerprint density at radius 2 is 1.43 bits per heavy atom. The molecular formula is C14H17. The lowest BCUT2D eigenvalue weighted by atomic mass is 10.2. The summed E-state index contributed by atoms with van der Waals surface area (Å²) >= 11 is 0. The molecule has 14 heavy (non-hydrogen) atoms. The minimum Gasteiger partial charge on any atom is -0.0879 e. The van der Waals surface area contributed by atoms with Gasteiger partial charge in [0.05, 0.1) is 0 Å². The molecule has 0 amide bonds. The summed E-state index contributed by atoms with van der Waals surface area (Å²) in [6.45, 7) is 0. The van der Waals surface area contributed by atoms with Crippen LogP contribution in [0.25, 0.3) is 0 Å². The first kappa shape index (κ1) is 10.8. The first-order chi connectivity index (χ1) is 7.00. The Bertz CT molecular complexity index is 262. The maximum atomic E-state index is 3.10. The molecule has 0 unspecified atom stereocenters. The number of hydrogen-bond acceptors (Lipinski definition) is 0. The molecule has 1 aliphatic carbocycles. The van der Waals surface area contributed by atoms with E-state index in [1.807, 2.05) is 18.2 Å². The summed E-state index contributed by atoms with van der Waals surface area (Å²) in [5, 5.41) is 0. The van der Waals surface area contributed by atoms with Gasteiger partial charge in [0.2, 0.25) is 0 Å². The van der Waals surface area contributed by atoms with Gasteiger partial charge in [-0.2, -0.15) is 0 Å². The Balaban J connectivity index is 2.45. The van der Waals surface area contributed by atoms with Crippen LogP contribution in [0.5, 0.6) is 0 Å². The molecule has 0 saturated carbocycles. The minimum atomic E-state index is 1.01. The lowest BCUT2D eigenvalue weighted by Crippen LogP contribution is -1.66. The normalized spacial score (nSPS) is 29.7. The molecule has 0 heteroatoms. The van der Waals surface area contributed by atoms with Crippen molar-refractivity contribution < 1.29 is 0 Å². The second-order valence-corrected chi connectivity index (χ2v) is 3.16. The van der Waals surface area contributed by atoms with Crippen LogP contribution < -0.4 is 0 Å². The minimum absolute atomic E-state index is 1.01. The van der Waals surface area contributed by atoms with Crippen LogP contribution in [-0.4, -0.2) is 0 Å². The Morgan fingerprint density at radius 3 is 2.36 bits per heavy atom. The van der Waals surface area contributed by atoms with Gasteiger partial charge >= 0.3 is 0 Å². The molecule has 0 fully saturated rings. The van der Waals surface area contributed by atoms with E-state index in [4.69, 9.17) is 0 Å². The highest BCUT2D eigenvalue weighted by atomic mass is 13.8. The third-order valence-corrected chi connectivity index (χ3v) is 1.92. The summed E-state index contributed by atoms with van der Waals surface area (Å²) in [5.74, 6) is 0. The standard InChI is InChI=1S/C14H17/c1-2-4-6-8-10-12-14-13-11-9-7-5-3-1/h1-3,6-9,12,14H,4,10-11,13H2/b2-1-,5-3?,8-6+,9-7+,14-12+. The van der Waals surface area contributed by atoms with Crippen LogP contribution in [0.4, 0.5) is 0 Å². The predicted molar refractivity (Wildman–Crippen MR) is 62.8 cm³/mol.